The fourth-order valence-electron chi connectivity index (χ4n) is 2.32. The summed E-state index contributed by atoms with van der Waals surface area (Å²) in [7, 11) is 0. The van der Waals surface area contributed by atoms with E-state index in [1.807, 2.05) is 17.8 Å². The smallest absolute Gasteiger partial charge is 0.0611 e. The zero-order chi connectivity index (χ0) is 12.3. The van der Waals surface area contributed by atoms with Crippen molar-refractivity contribution in [3.05, 3.63) is 28.7 Å². The average molecular weight is 316 g/mol. The minimum absolute atomic E-state index is 0.0997. The summed E-state index contributed by atoms with van der Waals surface area (Å²) >= 11 is 5.36. The van der Waals surface area contributed by atoms with Crippen molar-refractivity contribution in [2.24, 2.45) is 5.73 Å². The number of benzene rings is 1. The summed E-state index contributed by atoms with van der Waals surface area (Å²) in [5.74, 6) is 0. The van der Waals surface area contributed by atoms with Crippen LogP contribution in [-0.4, -0.2) is 22.5 Å². The molecule has 2 unspecified atom stereocenters. The van der Waals surface area contributed by atoms with Crippen LogP contribution in [0.15, 0.2) is 33.6 Å². The van der Waals surface area contributed by atoms with Gasteiger partial charge >= 0.3 is 0 Å². The second-order valence-electron chi connectivity index (χ2n) is 4.81. The molecule has 1 aromatic carbocycles. The van der Waals surface area contributed by atoms with Crippen molar-refractivity contribution >= 4 is 27.7 Å². The molecule has 0 saturated heterocycles. The van der Waals surface area contributed by atoms with Crippen LogP contribution in [0.3, 0.4) is 0 Å². The molecule has 0 aromatic heterocycles. The molecule has 1 aliphatic rings. The quantitative estimate of drug-likeness (QED) is 0.900. The molecule has 2 atom stereocenters. The van der Waals surface area contributed by atoms with Crippen LogP contribution in [0.25, 0.3) is 0 Å². The second kappa shape index (κ2) is 5.74. The number of nitrogens with two attached hydrogens (primary N) is 1. The van der Waals surface area contributed by atoms with E-state index in [9.17, 15) is 5.11 Å². The molecule has 0 heterocycles. The summed E-state index contributed by atoms with van der Waals surface area (Å²) in [6, 6.07) is 8.35. The van der Waals surface area contributed by atoms with Gasteiger partial charge in [0.15, 0.2) is 0 Å². The molecule has 94 valence electrons. The van der Waals surface area contributed by atoms with Gasteiger partial charge in [0.05, 0.1) is 6.61 Å². The molecule has 1 fully saturated rings. The first kappa shape index (κ1) is 13.4. The number of aliphatic hydroxyl groups excluding tert-OH is 1. The summed E-state index contributed by atoms with van der Waals surface area (Å²) in [6.45, 7) is 0.0997. The van der Waals surface area contributed by atoms with E-state index in [0.29, 0.717) is 5.25 Å². The van der Waals surface area contributed by atoms with Crippen LogP contribution < -0.4 is 5.73 Å². The Hall–Kier alpha value is -0.0300. The van der Waals surface area contributed by atoms with Crippen LogP contribution in [-0.2, 0) is 0 Å². The molecule has 0 radical (unpaired) electrons. The van der Waals surface area contributed by atoms with Gasteiger partial charge in [-0.15, -0.1) is 11.8 Å². The van der Waals surface area contributed by atoms with Crippen LogP contribution in [0.4, 0.5) is 0 Å². The Morgan fingerprint density at radius 1 is 1.53 bits per heavy atom. The minimum atomic E-state index is -0.359. The maximum absolute atomic E-state index is 9.34. The number of halogens is 1. The van der Waals surface area contributed by atoms with Crippen LogP contribution in [0, 0.1) is 0 Å². The van der Waals surface area contributed by atoms with Gasteiger partial charge in [-0.1, -0.05) is 28.4 Å². The molecule has 2 nitrogen and oxygen atoms in total. The van der Waals surface area contributed by atoms with E-state index in [4.69, 9.17) is 5.73 Å². The molecule has 17 heavy (non-hydrogen) atoms. The van der Waals surface area contributed by atoms with E-state index < -0.39 is 0 Å². The first-order valence-corrected chi connectivity index (χ1v) is 7.60. The van der Waals surface area contributed by atoms with Crippen molar-refractivity contribution < 1.29 is 5.11 Å². The number of thioether (sulfide) groups is 1. The third kappa shape index (κ3) is 3.71. The van der Waals surface area contributed by atoms with Gasteiger partial charge in [0, 0.05) is 20.2 Å². The molecular formula is C13H18BrNOS. The summed E-state index contributed by atoms with van der Waals surface area (Å²) in [5.41, 5.74) is 5.80. The Kier molecular flexibility index (Phi) is 4.53. The minimum Gasteiger partial charge on any atom is -0.394 e. The number of rotatable bonds is 3. The van der Waals surface area contributed by atoms with E-state index >= 15 is 0 Å². The summed E-state index contributed by atoms with van der Waals surface area (Å²) in [4.78, 5) is 1.27. The van der Waals surface area contributed by atoms with Gasteiger partial charge in [-0.05, 0) is 37.5 Å². The van der Waals surface area contributed by atoms with E-state index in [-0.39, 0.29) is 12.1 Å². The molecule has 0 amide bonds. The highest BCUT2D eigenvalue weighted by Gasteiger charge is 2.32. The average Bonchev–Trinajstić information content (AvgIpc) is 2.29. The van der Waals surface area contributed by atoms with E-state index in [2.05, 4.69) is 34.1 Å². The molecule has 2 rings (SSSR count). The van der Waals surface area contributed by atoms with Gasteiger partial charge in [-0.3, -0.25) is 0 Å². The normalized spacial score (nSPS) is 29.2. The second-order valence-corrected chi connectivity index (χ2v) is 7.10. The lowest BCUT2D eigenvalue weighted by molar-refractivity contribution is 0.159. The maximum atomic E-state index is 9.34. The van der Waals surface area contributed by atoms with Crippen LogP contribution >= 0.6 is 27.7 Å². The monoisotopic (exact) mass is 315 g/mol. The molecule has 3 N–H and O–H groups in total. The molecular weight excluding hydrogens is 298 g/mol. The zero-order valence-electron chi connectivity index (χ0n) is 9.73. The fourth-order valence-corrected chi connectivity index (χ4v) is 4.30. The van der Waals surface area contributed by atoms with Crippen LogP contribution in [0.5, 0.6) is 0 Å². The Balaban J connectivity index is 1.99. The first-order chi connectivity index (χ1) is 8.11. The van der Waals surface area contributed by atoms with E-state index in [0.717, 1.165) is 23.7 Å². The third-order valence-corrected chi connectivity index (χ3v) is 5.00. The van der Waals surface area contributed by atoms with Gasteiger partial charge in [0.2, 0.25) is 0 Å². The van der Waals surface area contributed by atoms with Gasteiger partial charge in [0.25, 0.3) is 0 Å². The SMILES string of the molecule is NC1(CO)CCCC(Sc2cccc(Br)c2)C1. The van der Waals surface area contributed by atoms with Crippen molar-refractivity contribution in [1.29, 1.82) is 0 Å². The molecule has 1 aliphatic carbocycles. The molecule has 0 spiro atoms. The largest absolute Gasteiger partial charge is 0.394 e. The zero-order valence-corrected chi connectivity index (χ0v) is 12.1. The lowest BCUT2D eigenvalue weighted by atomic mass is 9.83. The van der Waals surface area contributed by atoms with Crippen molar-refractivity contribution in [1.82, 2.24) is 0 Å². The topological polar surface area (TPSA) is 46.2 Å². The van der Waals surface area contributed by atoms with E-state index in [1.54, 1.807) is 0 Å². The van der Waals surface area contributed by atoms with E-state index in [1.165, 1.54) is 11.3 Å². The molecule has 1 saturated carbocycles. The van der Waals surface area contributed by atoms with Gasteiger partial charge in [-0.25, -0.2) is 0 Å². The highest BCUT2D eigenvalue weighted by atomic mass is 79.9. The van der Waals surface area contributed by atoms with Crippen LogP contribution in [0.1, 0.15) is 25.7 Å². The lowest BCUT2D eigenvalue weighted by Crippen LogP contribution is -2.48. The van der Waals surface area contributed by atoms with Crippen molar-refractivity contribution in [3.63, 3.8) is 0 Å². The number of hydrogen-bond donors (Lipinski definition) is 2. The Morgan fingerprint density at radius 3 is 3.06 bits per heavy atom. The standard InChI is InChI=1S/C13H18BrNOS/c14-10-3-1-4-11(7-10)17-12-5-2-6-13(15,8-12)9-16/h1,3-4,7,12,16H,2,5-6,8-9,15H2. The van der Waals surface area contributed by atoms with Gasteiger partial charge in [-0.2, -0.15) is 0 Å². The van der Waals surface area contributed by atoms with Crippen LogP contribution in [0.2, 0.25) is 0 Å². The predicted octanol–water partition coefficient (Wildman–Crippen LogP) is 3.17. The summed E-state index contributed by atoms with van der Waals surface area (Å²) in [5, 5.41) is 9.86. The molecule has 1 aromatic rings. The number of aliphatic hydroxyl groups is 1. The molecule has 0 aliphatic heterocycles. The lowest BCUT2D eigenvalue weighted by Gasteiger charge is -2.36. The van der Waals surface area contributed by atoms with Gasteiger partial charge in [0.1, 0.15) is 0 Å². The van der Waals surface area contributed by atoms with Crippen molar-refractivity contribution in [3.8, 4) is 0 Å². The third-order valence-electron chi connectivity index (χ3n) is 3.25. The summed E-state index contributed by atoms with van der Waals surface area (Å²) < 4.78 is 1.11. The Morgan fingerprint density at radius 2 is 2.35 bits per heavy atom. The maximum Gasteiger partial charge on any atom is 0.0611 e. The Bertz CT molecular complexity index is 387. The fraction of sp³-hybridized carbons (Fsp3) is 0.538. The predicted molar refractivity (Wildman–Crippen MR) is 76.3 cm³/mol. The Labute approximate surface area is 115 Å². The molecule has 0 bridgehead atoms. The van der Waals surface area contributed by atoms with Crippen molar-refractivity contribution in [2.75, 3.05) is 6.61 Å². The molecule has 4 heteroatoms. The summed E-state index contributed by atoms with van der Waals surface area (Å²) in [6.07, 6.45) is 4.15. The highest BCUT2D eigenvalue weighted by molar-refractivity contribution is 9.10. The highest BCUT2D eigenvalue weighted by Crippen LogP contribution is 2.37. The number of hydrogen-bond acceptors (Lipinski definition) is 3. The van der Waals surface area contributed by atoms with Crippen molar-refractivity contribution in [2.45, 2.75) is 41.4 Å². The first-order valence-electron chi connectivity index (χ1n) is 5.93. The van der Waals surface area contributed by atoms with Gasteiger partial charge < -0.3 is 10.8 Å².